The number of ether oxygens (including phenoxy) is 1. The summed E-state index contributed by atoms with van der Waals surface area (Å²) in [6.07, 6.45) is 0. The summed E-state index contributed by atoms with van der Waals surface area (Å²) in [5.74, 6) is -0.603. The van der Waals surface area contributed by atoms with E-state index in [9.17, 15) is 9.70 Å². The normalized spacial score (nSPS) is 9.57. The third-order valence-electron chi connectivity index (χ3n) is 1.63. The molecule has 0 saturated heterocycles. The number of benzene rings is 1. The highest BCUT2D eigenvalue weighted by Gasteiger charge is 2.14. The van der Waals surface area contributed by atoms with Gasteiger partial charge in [0.1, 0.15) is 5.69 Å². The second-order valence-electron chi connectivity index (χ2n) is 2.47. The van der Waals surface area contributed by atoms with Gasteiger partial charge in [-0.15, -0.1) is 4.91 Å². The summed E-state index contributed by atoms with van der Waals surface area (Å²) >= 11 is 3.12. The Morgan fingerprint density at radius 3 is 2.71 bits per heavy atom. The van der Waals surface area contributed by atoms with Crippen molar-refractivity contribution in [1.29, 1.82) is 0 Å². The second kappa shape index (κ2) is 4.19. The average Bonchev–Trinajstić information content (AvgIpc) is 2.19. The quantitative estimate of drug-likeness (QED) is 0.501. The Bertz CT molecular complexity index is 392. The lowest BCUT2D eigenvalue weighted by atomic mass is 10.1. The molecule has 2 N–H and O–H groups in total. The first-order valence-corrected chi connectivity index (χ1v) is 4.40. The molecule has 0 spiro atoms. The molecule has 0 aliphatic carbocycles. The SMILES string of the molecule is COC(=O)c1cc(Br)cc(N=O)c1N. The number of rotatable bonds is 2. The van der Waals surface area contributed by atoms with Gasteiger partial charge in [0.25, 0.3) is 0 Å². The highest BCUT2D eigenvalue weighted by molar-refractivity contribution is 9.10. The summed E-state index contributed by atoms with van der Waals surface area (Å²) in [5, 5.41) is 2.70. The van der Waals surface area contributed by atoms with Crippen molar-refractivity contribution in [2.45, 2.75) is 0 Å². The van der Waals surface area contributed by atoms with E-state index in [0.717, 1.165) is 0 Å². The van der Waals surface area contributed by atoms with E-state index in [1.807, 2.05) is 0 Å². The van der Waals surface area contributed by atoms with Gasteiger partial charge >= 0.3 is 5.97 Å². The van der Waals surface area contributed by atoms with Crippen molar-refractivity contribution in [2.24, 2.45) is 5.18 Å². The Morgan fingerprint density at radius 2 is 2.21 bits per heavy atom. The first-order valence-electron chi connectivity index (χ1n) is 3.61. The number of nitrogens with two attached hydrogens (primary N) is 1. The monoisotopic (exact) mass is 258 g/mol. The lowest BCUT2D eigenvalue weighted by molar-refractivity contribution is 0.0602. The van der Waals surface area contributed by atoms with Crippen LogP contribution in [0.1, 0.15) is 10.4 Å². The van der Waals surface area contributed by atoms with Crippen molar-refractivity contribution in [1.82, 2.24) is 0 Å². The molecule has 0 unspecified atom stereocenters. The minimum Gasteiger partial charge on any atom is -0.465 e. The molecule has 1 rings (SSSR count). The highest BCUT2D eigenvalue weighted by Crippen LogP contribution is 2.30. The van der Waals surface area contributed by atoms with Crippen molar-refractivity contribution >= 4 is 33.3 Å². The van der Waals surface area contributed by atoms with Crippen LogP contribution in [0.3, 0.4) is 0 Å². The molecular weight excluding hydrogens is 252 g/mol. The molecule has 0 radical (unpaired) electrons. The molecular formula is C8H7BrN2O3. The van der Waals surface area contributed by atoms with E-state index in [-0.39, 0.29) is 16.9 Å². The first kappa shape index (κ1) is 10.6. The number of methoxy groups -OCH3 is 1. The lowest BCUT2D eigenvalue weighted by Gasteiger charge is -2.05. The molecule has 0 bridgehead atoms. The minimum atomic E-state index is -0.603. The Kier molecular flexibility index (Phi) is 3.19. The number of hydrogen-bond donors (Lipinski definition) is 1. The van der Waals surface area contributed by atoms with Crippen molar-refractivity contribution in [3.8, 4) is 0 Å². The molecule has 0 amide bonds. The van der Waals surface area contributed by atoms with E-state index >= 15 is 0 Å². The largest absolute Gasteiger partial charge is 0.465 e. The summed E-state index contributed by atoms with van der Waals surface area (Å²) in [5.41, 5.74) is 5.68. The van der Waals surface area contributed by atoms with Crippen LogP contribution in [-0.4, -0.2) is 13.1 Å². The summed E-state index contributed by atoms with van der Waals surface area (Å²) in [7, 11) is 1.23. The molecule has 0 atom stereocenters. The maximum absolute atomic E-state index is 11.2. The van der Waals surface area contributed by atoms with Gasteiger partial charge < -0.3 is 10.5 Å². The zero-order valence-electron chi connectivity index (χ0n) is 7.28. The fourth-order valence-electron chi connectivity index (χ4n) is 0.958. The molecule has 0 aliphatic rings. The number of anilines is 1. The van der Waals surface area contributed by atoms with Crippen LogP contribution in [0.5, 0.6) is 0 Å². The summed E-state index contributed by atoms with van der Waals surface area (Å²) in [4.78, 5) is 21.5. The van der Waals surface area contributed by atoms with Crippen molar-refractivity contribution in [3.05, 3.63) is 27.1 Å². The van der Waals surface area contributed by atoms with E-state index in [1.54, 1.807) is 0 Å². The Hall–Kier alpha value is -1.43. The van der Waals surface area contributed by atoms with Crippen LogP contribution in [0.4, 0.5) is 11.4 Å². The molecule has 5 nitrogen and oxygen atoms in total. The zero-order chi connectivity index (χ0) is 10.7. The van der Waals surface area contributed by atoms with Gasteiger partial charge in [-0.3, -0.25) is 0 Å². The van der Waals surface area contributed by atoms with Crippen LogP contribution in [-0.2, 0) is 4.74 Å². The van der Waals surface area contributed by atoms with Gasteiger partial charge in [0.2, 0.25) is 0 Å². The number of nitroso groups, excluding NO2 is 1. The summed E-state index contributed by atoms with van der Waals surface area (Å²) in [6, 6.07) is 2.89. The van der Waals surface area contributed by atoms with Gasteiger partial charge in [0, 0.05) is 4.47 Å². The predicted octanol–water partition coefficient (Wildman–Crippen LogP) is 2.22. The van der Waals surface area contributed by atoms with Crippen molar-refractivity contribution in [3.63, 3.8) is 0 Å². The van der Waals surface area contributed by atoms with Crippen molar-refractivity contribution < 1.29 is 9.53 Å². The van der Waals surface area contributed by atoms with Crippen LogP contribution in [0.2, 0.25) is 0 Å². The zero-order valence-corrected chi connectivity index (χ0v) is 8.87. The number of carbonyl (C=O) groups excluding carboxylic acids is 1. The van der Waals surface area contributed by atoms with E-state index in [0.29, 0.717) is 4.47 Å². The molecule has 1 aromatic rings. The average molecular weight is 259 g/mol. The van der Waals surface area contributed by atoms with Crippen LogP contribution < -0.4 is 5.73 Å². The van der Waals surface area contributed by atoms with E-state index in [2.05, 4.69) is 25.8 Å². The molecule has 1 aromatic carbocycles. The second-order valence-corrected chi connectivity index (χ2v) is 3.38. The smallest absolute Gasteiger partial charge is 0.340 e. The van der Waals surface area contributed by atoms with Crippen LogP contribution in [0, 0.1) is 4.91 Å². The topological polar surface area (TPSA) is 81.8 Å². The molecule has 0 fully saturated rings. The van der Waals surface area contributed by atoms with E-state index < -0.39 is 5.97 Å². The van der Waals surface area contributed by atoms with Gasteiger partial charge in [-0.25, -0.2) is 4.79 Å². The number of esters is 1. The first-order chi connectivity index (χ1) is 6.60. The Morgan fingerprint density at radius 1 is 1.57 bits per heavy atom. The maximum atomic E-state index is 11.2. The fourth-order valence-corrected chi connectivity index (χ4v) is 1.40. The molecule has 0 heterocycles. The fraction of sp³-hybridized carbons (Fsp3) is 0.125. The van der Waals surface area contributed by atoms with Gasteiger partial charge in [0.05, 0.1) is 18.4 Å². The van der Waals surface area contributed by atoms with Gasteiger partial charge in [-0.1, -0.05) is 15.9 Å². The third-order valence-corrected chi connectivity index (χ3v) is 2.08. The van der Waals surface area contributed by atoms with Crippen LogP contribution >= 0.6 is 15.9 Å². The highest BCUT2D eigenvalue weighted by atomic mass is 79.9. The summed E-state index contributed by atoms with van der Waals surface area (Å²) in [6.45, 7) is 0. The number of nitrogens with zero attached hydrogens (tertiary/aromatic N) is 1. The number of hydrogen-bond acceptors (Lipinski definition) is 5. The Balaban J connectivity index is 3.36. The number of halogens is 1. The van der Waals surface area contributed by atoms with E-state index in [1.165, 1.54) is 19.2 Å². The van der Waals surface area contributed by atoms with Crippen molar-refractivity contribution in [2.75, 3.05) is 12.8 Å². The van der Waals surface area contributed by atoms with E-state index in [4.69, 9.17) is 5.73 Å². The van der Waals surface area contributed by atoms with Crippen LogP contribution in [0.15, 0.2) is 21.8 Å². The molecule has 0 saturated carbocycles. The van der Waals surface area contributed by atoms with Gasteiger partial charge in [0.15, 0.2) is 0 Å². The van der Waals surface area contributed by atoms with Gasteiger partial charge in [-0.2, -0.15) is 0 Å². The molecule has 0 aliphatic heterocycles. The lowest BCUT2D eigenvalue weighted by Crippen LogP contribution is -2.05. The standard InChI is InChI=1S/C8H7BrN2O3/c1-14-8(12)5-2-4(9)3-6(11-13)7(5)10/h2-3H,10H2,1H3. The van der Waals surface area contributed by atoms with Gasteiger partial charge in [-0.05, 0) is 17.3 Å². The third kappa shape index (κ3) is 1.90. The summed E-state index contributed by atoms with van der Waals surface area (Å²) < 4.78 is 5.03. The maximum Gasteiger partial charge on any atom is 0.340 e. The molecule has 74 valence electrons. The Labute approximate surface area is 88.3 Å². The minimum absolute atomic E-state index is 0.0137. The number of nitrogen functional groups attached to an aromatic ring is 1. The van der Waals surface area contributed by atoms with Crippen LogP contribution in [0.25, 0.3) is 0 Å². The predicted molar refractivity (Wildman–Crippen MR) is 55.3 cm³/mol. The molecule has 0 aromatic heterocycles. The molecule has 14 heavy (non-hydrogen) atoms. The number of carbonyl (C=O) groups is 1. The molecule has 6 heteroatoms.